The summed E-state index contributed by atoms with van der Waals surface area (Å²) in [6.07, 6.45) is 1.07. The average molecular weight is 354 g/mol. The zero-order valence-electron chi connectivity index (χ0n) is 15.1. The number of hydrogen-bond acceptors (Lipinski definition) is 4. The molecule has 3 rings (SSSR count). The molecule has 1 N–H and O–H groups in total. The number of rotatable bonds is 6. The SMILES string of the molecule is COc1ccc(NC(=O)C2(C(=O)N(C)c3ccccc3)CC2)c(OC)c1. The summed E-state index contributed by atoms with van der Waals surface area (Å²) in [5.74, 6) is 0.598. The molecule has 1 saturated carbocycles. The lowest BCUT2D eigenvalue weighted by atomic mass is 10.0. The number of carbonyl (C=O) groups excluding carboxylic acids is 2. The first-order chi connectivity index (χ1) is 12.5. The van der Waals surface area contributed by atoms with Crippen molar-refractivity contribution < 1.29 is 19.1 Å². The van der Waals surface area contributed by atoms with Crippen molar-refractivity contribution in [2.24, 2.45) is 5.41 Å². The lowest BCUT2D eigenvalue weighted by molar-refractivity contribution is -0.132. The van der Waals surface area contributed by atoms with Crippen LogP contribution < -0.4 is 19.7 Å². The molecule has 1 aliphatic carbocycles. The van der Waals surface area contributed by atoms with Gasteiger partial charge in [-0.25, -0.2) is 0 Å². The zero-order valence-corrected chi connectivity index (χ0v) is 15.1. The van der Waals surface area contributed by atoms with Gasteiger partial charge in [0.05, 0.1) is 19.9 Å². The molecule has 6 nitrogen and oxygen atoms in total. The highest BCUT2D eigenvalue weighted by molar-refractivity contribution is 6.17. The van der Waals surface area contributed by atoms with Crippen LogP contribution in [0.3, 0.4) is 0 Å². The van der Waals surface area contributed by atoms with Gasteiger partial charge in [-0.05, 0) is 37.1 Å². The number of carbonyl (C=O) groups is 2. The number of amides is 2. The van der Waals surface area contributed by atoms with Gasteiger partial charge in [0, 0.05) is 18.8 Å². The molecule has 0 bridgehead atoms. The molecular formula is C20H22N2O4. The highest BCUT2D eigenvalue weighted by Crippen LogP contribution is 2.49. The van der Waals surface area contributed by atoms with Crippen molar-refractivity contribution in [3.05, 3.63) is 48.5 Å². The first-order valence-electron chi connectivity index (χ1n) is 8.38. The summed E-state index contributed by atoms with van der Waals surface area (Å²) in [5.41, 5.74) is 0.258. The van der Waals surface area contributed by atoms with Gasteiger partial charge in [-0.1, -0.05) is 18.2 Å². The first-order valence-corrected chi connectivity index (χ1v) is 8.38. The van der Waals surface area contributed by atoms with Gasteiger partial charge in [0.25, 0.3) is 0 Å². The third-order valence-electron chi connectivity index (χ3n) is 4.70. The summed E-state index contributed by atoms with van der Waals surface area (Å²) in [6.45, 7) is 0. The zero-order chi connectivity index (χ0) is 18.7. The standard InChI is InChI=1S/C20H22N2O4/c1-22(14-7-5-4-6-8-14)19(24)20(11-12-20)18(23)21-16-10-9-15(25-2)13-17(16)26-3/h4-10,13H,11-12H2,1-3H3,(H,21,23). The Balaban J connectivity index is 1.78. The quantitative estimate of drug-likeness (QED) is 0.810. The van der Waals surface area contributed by atoms with Crippen LogP contribution in [0.1, 0.15) is 12.8 Å². The molecule has 0 unspecified atom stereocenters. The lowest BCUT2D eigenvalue weighted by Gasteiger charge is -2.23. The second-order valence-electron chi connectivity index (χ2n) is 6.30. The normalized spacial score (nSPS) is 14.3. The average Bonchev–Trinajstić information content (AvgIpc) is 3.49. The van der Waals surface area contributed by atoms with Crippen molar-refractivity contribution in [3.8, 4) is 11.5 Å². The maximum Gasteiger partial charge on any atom is 0.242 e. The molecule has 2 aromatic rings. The van der Waals surface area contributed by atoms with Gasteiger partial charge >= 0.3 is 0 Å². The van der Waals surface area contributed by atoms with E-state index in [0.29, 0.717) is 30.0 Å². The minimum absolute atomic E-state index is 0.200. The molecule has 2 amide bonds. The third-order valence-corrected chi connectivity index (χ3v) is 4.70. The smallest absolute Gasteiger partial charge is 0.242 e. The summed E-state index contributed by atoms with van der Waals surface area (Å²) in [6, 6.07) is 14.4. The molecule has 1 aliphatic rings. The van der Waals surface area contributed by atoms with E-state index in [9.17, 15) is 9.59 Å². The van der Waals surface area contributed by atoms with E-state index in [0.717, 1.165) is 5.69 Å². The molecule has 0 saturated heterocycles. The van der Waals surface area contributed by atoms with Crippen LogP contribution in [0, 0.1) is 5.41 Å². The van der Waals surface area contributed by atoms with E-state index in [4.69, 9.17) is 9.47 Å². The van der Waals surface area contributed by atoms with E-state index in [1.807, 2.05) is 30.3 Å². The fraction of sp³-hybridized carbons (Fsp3) is 0.300. The van der Waals surface area contributed by atoms with Gasteiger partial charge in [-0.15, -0.1) is 0 Å². The Hall–Kier alpha value is -3.02. The molecule has 136 valence electrons. The Morgan fingerprint density at radius 3 is 2.31 bits per heavy atom. The van der Waals surface area contributed by atoms with Crippen LogP contribution >= 0.6 is 0 Å². The molecule has 0 heterocycles. The van der Waals surface area contributed by atoms with Crippen LogP contribution in [0.2, 0.25) is 0 Å². The largest absolute Gasteiger partial charge is 0.497 e. The molecule has 0 aromatic heterocycles. The maximum atomic E-state index is 12.9. The predicted octanol–water partition coefficient (Wildman–Crippen LogP) is 3.09. The van der Waals surface area contributed by atoms with Gasteiger partial charge in [0.1, 0.15) is 16.9 Å². The van der Waals surface area contributed by atoms with E-state index in [-0.39, 0.29) is 11.8 Å². The van der Waals surface area contributed by atoms with Crippen LogP contribution in [-0.2, 0) is 9.59 Å². The second kappa shape index (κ2) is 7.07. The van der Waals surface area contributed by atoms with Gasteiger partial charge in [0.15, 0.2) is 0 Å². The molecule has 1 fully saturated rings. The number of nitrogens with one attached hydrogen (secondary N) is 1. The van der Waals surface area contributed by atoms with Crippen LogP contribution in [0.5, 0.6) is 11.5 Å². The van der Waals surface area contributed by atoms with Gasteiger partial charge in [-0.3, -0.25) is 9.59 Å². The number of benzene rings is 2. The molecule has 0 atom stereocenters. The summed E-state index contributed by atoms with van der Waals surface area (Å²) < 4.78 is 10.5. The number of methoxy groups -OCH3 is 2. The Labute approximate surface area is 152 Å². The van der Waals surface area contributed by atoms with Crippen molar-refractivity contribution in [2.45, 2.75) is 12.8 Å². The first kappa shape index (κ1) is 17.8. The van der Waals surface area contributed by atoms with Gasteiger partial charge in [0.2, 0.25) is 11.8 Å². The van der Waals surface area contributed by atoms with E-state index < -0.39 is 5.41 Å². The van der Waals surface area contributed by atoms with Gasteiger partial charge in [-0.2, -0.15) is 0 Å². The number of para-hydroxylation sites is 1. The maximum absolute atomic E-state index is 12.9. The van der Waals surface area contributed by atoms with Crippen LogP contribution in [0.4, 0.5) is 11.4 Å². The highest BCUT2D eigenvalue weighted by atomic mass is 16.5. The number of nitrogens with zero attached hydrogens (tertiary/aromatic N) is 1. The third kappa shape index (κ3) is 3.22. The highest BCUT2D eigenvalue weighted by Gasteiger charge is 2.57. The molecule has 0 aliphatic heterocycles. The number of hydrogen-bond donors (Lipinski definition) is 1. The Morgan fingerprint density at radius 1 is 1.04 bits per heavy atom. The summed E-state index contributed by atoms with van der Waals surface area (Å²) in [5, 5.41) is 2.84. The van der Waals surface area contributed by atoms with E-state index in [1.54, 1.807) is 32.4 Å². The van der Waals surface area contributed by atoms with Crippen LogP contribution in [-0.4, -0.2) is 33.1 Å². The topological polar surface area (TPSA) is 67.9 Å². The summed E-state index contributed by atoms with van der Waals surface area (Å²) >= 11 is 0. The Morgan fingerprint density at radius 2 is 1.73 bits per heavy atom. The van der Waals surface area contributed by atoms with Crippen molar-refractivity contribution in [2.75, 3.05) is 31.5 Å². The van der Waals surface area contributed by atoms with E-state index in [2.05, 4.69) is 5.32 Å². The van der Waals surface area contributed by atoms with Crippen molar-refractivity contribution in [1.82, 2.24) is 0 Å². The van der Waals surface area contributed by atoms with Crippen molar-refractivity contribution in [1.29, 1.82) is 0 Å². The molecular weight excluding hydrogens is 332 g/mol. The summed E-state index contributed by atoms with van der Waals surface area (Å²) in [7, 11) is 4.77. The van der Waals surface area contributed by atoms with E-state index in [1.165, 1.54) is 12.0 Å². The molecule has 2 aromatic carbocycles. The minimum Gasteiger partial charge on any atom is -0.497 e. The van der Waals surface area contributed by atoms with Crippen molar-refractivity contribution >= 4 is 23.2 Å². The molecule has 0 spiro atoms. The molecule has 0 radical (unpaired) electrons. The number of ether oxygens (including phenoxy) is 2. The fourth-order valence-electron chi connectivity index (χ4n) is 2.90. The number of anilines is 2. The molecule has 26 heavy (non-hydrogen) atoms. The predicted molar refractivity (Wildman–Crippen MR) is 99.7 cm³/mol. The Bertz CT molecular complexity index is 816. The van der Waals surface area contributed by atoms with Crippen LogP contribution in [0.25, 0.3) is 0 Å². The lowest BCUT2D eigenvalue weighted by Crippen LogP contribution is -2.41. The monoisotopic (exact) mass is 354 g/mol. The molecule has 6 heteroatoms. The minimum atomic E-state index is -1.02. The van der Waals surface area contributed by atoms with E-state index >= 15 is 0 Å². The van der Waals surface area contributed by atoms with Crippen LogP contribution in [0.15, 0.2) is 48.5 Å². The Kier molecular flexibility index (Phi) is 4.84. The second-order valence-corrected chi connectivity index (χ2v) is 6.30. The van der Waals surface area contributed by atoms with Gasteiger partial charge < -0.3 is 19.7 Å². The fourth-order valence-corrected chi connectivity index (χ4v) is 2.90. The summed E-state index contributed by atoms with van der Waals surface area (Å²) in [4.78, 5) is 27.3. The van der Waals surface area contributed by atoms with Crippen molar-refractivity contribution in [3.63, 3.8) is 0 Å².